The minimum atomic E-state index is -0.447. The van der Waals surface area contributed by atoms with Crippen molar-refractivity contribution in [2.45, 2.75) is 13.8 Å². The number of hydrogen-bond donors (Lipinski definition) is 1. The maximum absolute atomic E-state index is 12.3. The van der Waals surface area contributed by atoms with Crippen LogP contribution in [0.25, 0.3) is 0 Å². The molecule has 0 bridgehead atoms. The molecular weight excluding hydrogens is 292 g/mol. The SMILES string of the molecule is COC(=O)N(C)c1ccc(NC(=O)c2ccc(C)c(C)c2)cc1. The lowest BCUT2D eigenvalue weighted by Crippen LogP contribution is -2.25. The molecule has 0 aliphatic rings. The van der Waals surface area contributed by atoms with Crippen LogP contribution in [0.3, 0.4) is 0 Å². The molecule has 0 atom stereocenters. The van der Waals surface area contributed by atoms with Crippen LogP contribution in [0.15, 0.2) is 42.5 Å². The molecule has 0 heterocycles. The lowest BCUT2D eigenvalue weighted by Gasteiger charge is -2.16. The second-order valence-electron chi connectivity index (χ2n) is 5.33. The third-order valence-corrected chi connectivity index (χ3v) is 3.73. The van der Waals surface area contributed by atoms with Gasteiger partial charge in [-0.1, -0.05) is 6.07 Å². The van der Waals surface area contributed by atoms with Crippen molar-refractivity contribution < 1.29 is 14.3 Å². The molecule has 2 aromatic carbocycles. The number of carbonyl (C=O) groups is 2. The van der Waals surface area contributed by atoms with Gasteiger partial charge in [0.05, 0.1) is 7.11 Å². The molecule has 2 rings (SSSR count). The van der Waals surface area contributed by atoms with Crippen molar-refractivity contribution in [2.75, 3.05) is 24.4 Å². The Kier molecular flexibility index (Phi) is 5.01. The number of amides is 2. The van der Waals surface area contributed by atoms with Gasteiger partial charge in [0.1, 0.15) is 0 Å². The van der Waals surface area contributed by atoms with Gasteiger partial charge < -0.3 is 10.1 Å². The fourth-order valence-corrected chi connectivity index (χ4v) is 2.10. The molecule has 5 heteroatoms. The van der Waals surface area contributed by atoms with E-state index in [4.69, 9.17) is 0 Å². The van der Waals surface area contributed by atoms with Crippen molar-refractivity contribution in [3.8, 4) is 0 Å². The summed E-state index contributed by atoms with van der Waals surface area (Å²) in [5.74, 6) is -0.165. The summed E-state index contributed by atoms with van der Waals surface area (Å²) in [6.45, 7) is 3.98. The topological polar surface area (TPSA) is 58.6 Å². The number of rotatable bonds is 3. The van der Waals surface area contributed by atoms with Crippen LogP contribution in [-0.4, -0.2) is 26.2 Å². The van der Waals surface area contributed by atoms with Crippen LogP contribution >= 0.6 is 0 Å². The summed E-state index contributed by atoms with van der Waals surface area (Å²) in [4.78, 5) is 25.1. The van der Waals surface area contributed by atoms with Gasteiger partial charge in [-0.05, 0) is 61.4 Å². The number of anilines is 2. The Labute approximate surface area is 135 Å². The first-order valence-corrected chi connectivity index (χ1v) is 7.22. The van der Waals surface area contributed by atoms with E-state index >= 15 is 0 Å². The molecule has 23 heavy (non-hydrogen) atoms. The summed E-state index contributed by atoms with van der Waals surface area (Å²) < 4.78 is 4.66. The van der Waals surface area contributed by atoms with Gasteiger partial charge >= 0.3 is 6.09 Å². The molecular formula is C18H20N2O3. The van der Waals surface area contributed by atoms with E-state index in [0.29, 0.717) is 16.9 Å². The van der Waals surface area contributed by atoms with Crippen molar-refractivity contribution in [3.63, 3.8) is 0 Å². The molecule has 0 aliphatic carbocycles. The second kappa shape index (κ2) is 6.96. The quantitative estimate of drug-likeness (QED) is 0.939. The van der Waals surface area contributed by atoms with Gasteiger partial charge in [0.25, 0.3) is 5.91 Å². The lowest BCUT2D eigenvalue weighted by atomic mass is 10.1. The van der Waals surface area contributed by atoms with Crippen LogP contribution < -0.4 is 10.2 Å². The summed E-state index contributed by atoms with van der Waals surface area (Å²) >= 11 is 0. The normalized spacial score (nSPS) is 10.1. The Morgan fingerprint density at radius 3 is 2.22 bits per heavy atom. The Hall–Kier alpha value is -2.82. The Balaban J connectivity index is 2.10. The van der Waals surface area contributed by atoms with Crippen molar-refractivity contribution in [1.82, 2.24) is 0 Å². The van der Waals surface area contributed by atoms with Crippen LogP contribution in [0.4, 0.5) is 16.2 Å². The van der Waals surface area contributed by atoms with Gasteiger partial charge in [0, 0.05) is 24.0 Å². The molecule has 0 unspecified atom stereocenters. The van der Waals surface area contributed by atoms with Crippen LogP contribution in [0.5, 0.6) is 0 Å². The van der Waals surface area contributed by atoms with Crippen molar-refractivity contribution in [1.29, 1.82) is 0 Å². The molecule has 0 saturated heterocycles. The molecule has 0 spiro atoms. The van der Waals surface area contributed by atoms with E-state index < -0.39 is 6.09 Å². The van der Waals surface area contributed by atoms with Crippen LogP contribution in [0.1, 0.15) is 21.5 Å². The van der Waals surface area contributed by atoms with Crippen molar-refractivity contribution >= 4 is 23.4 Å². The van der Waals surface area contributed by atoms with Gasteiger partial charge in [0.15, 0.2) is 0 Å². The highest BCUT2D eigenvalue weighted by Gasteiger charge is 2.11. The van der Waals surface area contributed by atoms with Crippen LogP contribution in [-0.2, 0) is 4.74 Å². The van der Waals surface area contributed by atoms with E-state index in [1.165, 1.54) is 12.0 Å². The highest BCUT2D eigenvalue weighted by atomic mass is 16.5. The van der Waals surface area contributed by atoms with E-state index in [1.807, 2.05) is 26.0 Å². The third-order valence-electron chi connectivity index (χ3n) is 3.73. The number of nitrogens with zero attached hydrogens (tertiary/aromatic N) is 1. The predicted octanol–water partition coefficient (Wildman–Crippen LogP) is 3.76. The minimum absolute atomic E-state index is 0.165. The Morgan fingerprint density at radius 2 is 1.65 bits per heavy atom. The first kappa shape index (κ1) is 16.5. The summed E-state index contributed by atoms with van der Waals surface area (Å²) in [7, 11) is 2.95. The number of hydrogen-bond acceptors (Lipinski definition) is 3. The highest BCUT2D eigenvalue weighted by molar-refractivity contribution is 6.04. The number of ether oxygens (including phenoxy) is 1. The van der Waals surface area contributed by atoms with Gasteiger partial charge in [-0.3, -0.25) is 9.69 Å². The van der Waals surface area contributed by atoms with E-state index in [0.717, 1.165) is 11.1 Å². The minimum Gasteiger partial charge on any atom is -0.452 e. The summed E-state index contributed by atoms with van der Waals surface area (Å²) in [6.07, 6.45) is -0.447. The summed E-state index contributed by atoms with van der Waals surface area (Å²) in [5, 5.41) is 2.84. The van der Waals surface area contributed by atoms with Crippen LogP contribution in [0.2, 0.25) is 0 Å². The Morgan fingerprint density at radius 1 is 1.00 bits per heavy atom. The van der Waals surface area contributed by atoms with Gasteiger partial charge in [-0.2, -0.15) is 0 Å². The van der Waals surface area contributed by atoms with E-state index in [2.05, 4.69) is 10.1 Å². The average molecular weight is 312 g/mol. The van der Waals surface area contributed by atoms with Gasteiger partial charge in [-0.25, -0.2) is 4.79 Å². The molecule has 1 N–H and O–H groups in total. The number of benzene rings is 2. The molecule has 0 aliphatic heterocycles. The maximum atomic E-state index is 12.3. The number of nitrogens with one attached hydrogen (secondary N) is 1. The van der Waals surface area contributed by atoms with Gasteiger partial charge in [0.2, 0.25) is 0 Å². The predicted molar refractivity (Wildman–Crippen MR) is 91.1 cm³/mol. The fourth-order valence-electron chi connectivity index (χ4n) is 2.10. The zero-order chi connectivity index (χ0) is 17.0. The number of carbonyl (C=O) groups excluding carboxylic acids is 2. The van der Waals surface area contributed by atoms with E-state index in [9.17, 15) is 9.59 Å². The molecule has 0 aromatic heterocycles. The Bertz CT molecular complexity index is 724. The second-order valence-corrected chi connectivity index (χ2v) is 5.33. The third kappa shape index (κ3) is 3.88. The standard InChI is InChI=1S/C18H20N2O3/c1-12-5-6-14(11-13(12)2)17(21)19-15-7-9-16(10-8-15)20(3)18(22)23-4/h5-11H,1-4H3,(H,19,21). The number of aryl methyl sites for hydroxylation is 2. The monoisotopic (exact) mass is 312 g/mol. The summed E-state index contributed by atoms with van der Waals surface area (Å²) in [5.41, 5.74) is 4.18. The van der Waals surface area contributed by atoms with Crippen LogP contribution in [0, 0.1) is 13.8 Å². The smallest absolute Gasteiger partial charge is 0.413 e. The zero-order valence-electron chi connectivity index (χ0n) is 13.7. The van der Waals surface area contributed by atoms with E-state index in [-0.39, 0.29) is 5.91 Å². The average Bonchev–Trinajstić information content (AvgIpc) is 2.56. The lowest BCUT2D eigenvalue weighted by molar-refractivity contribution is 0.102. The van der Waals surface area contributed by atoms with Crippen molar-refractivity contribution in [3.05, 3.63) is 59.2 Å². The molecule has 2 amide bonds. The first-order chi connectivity index (χ1) is 10.9. The molecule has 120 valence electrons. The highest BCUT2D eigenvalue weighted by Crippen LogP contribution is 2.18. The molecule has 0 radical (unpaired) electrons. The number of methoxy groups -OCH3 is 1. The van der Waals surface area contributed by atoms with E-state index in [1.54, 1.807) is 37.4 Å². The summed E-state index contributed by atoms with van der Waals surface area (Å²) in [6, 6.07) is 12.6. The first-order valence-electron chi connectivity index (χ1n) is 7.22. The molecule has 0 fully saturated rings. The largest absolute Gasteiger partial charge is 0.452 e. The zero-order valence-corrected chi connectivity index (χ0v) is 13.7. The molecule has 5 nitrogen and oxygen atoms in total. The van der Waals surface area contributed by atoms with Gasteiger partial charge in [-0.15, -0.1) is 0 Å². The van der Waals surface area contributed by atoms with Crippen molar-refractivity contribution in [2.24, 2.45) is 0 Å². The molecule has 0 saturated carbocycles. The fraction of sp³-hybridized carbons (Fsp3) is 0.222. The maximum Gasteiger partial charge on any atom is 0.413 e. The molecule has 2 aromatic rings.